The SMILES string of the molecule is CCCCCc1cc2ccccc2n1C1CCC1. The Balaban J connectivity index is 1.94. The number of aromatic nitrogens is 1. The maximum Gasteiger partial charge on any atom is 0.0485 e. The summed E-state index contributed by atoms with van der Waals surface area (Å²) in [7, 11) is 0. The van der Waals surface area contributed by atoms with Crippen LogP contribution in [0.15, 0.2) is 30.3 Å². The molecular weight excluding hydrogens is 218 g/mol. The maximum atomic E-state index is 2.63. The predicted molar refractivity (Wildman–Crippen MR) is 78.1 cm³/mol. The molecule has 0 spiro atoms. The first-order valence-electron chi connectivity index (χ1n) is 7.49. The highest BCUT2D eigenvalue weighted by atomic mass is 15.0. The summed E-state index contributed by atoms with van der Waals surface area (Å²) in [6.45, 7) is 2.28. The molecule has 1 nitrogen and oxygen atoms in total. The molecule has 2 aromatic rings. The highest BCUT2D eigenvalue weighted by Crippen LogP contribution is 2.36. The summed E-state index contributed by atoms with van der Waals surface area (Å²) in [4.78, 5) is 0. The molecule has 1 saturated carbocycles. The fraction of sp³-hybridized carbons (Fsp3) is 0.529. The molecule has 0 amide bonds. The van der Waals surface area contributed by atoms with Crippen molar-refractivity contribution in [3.8, 4) is 0 Å². The van der Waals surface area contributed by atoms with Crippen LogP contribution in [0.1, 0.15) is 57.2 Å². The van der Waals surface area contributed by atoms with Crippen LogP contribution in [0.3, 0.4) is 0 Å². The molecule has 1 aromatic heterocycles. The standard InChI is InChI=1S/C17H23N/c1-2-3-4-9-16-13-14-8-5-6-12-17(14)18(16)15-10-7-11-15/h5-6,8,12-13,15H,2-4,7,9-11H2,1H3. The van der Waals surface area contributed by atoms with Crippen molar-refractivity contribution in [3.05, 3.63) is 36.0 Å². The molecule has 0 radical (unpaired) electrons. The molecule has 1 heteroatoms. The summed E-state index contributed by atoms with van der Waals surface area (Å²) in [5.41, 5.74) is 3.02. The van der Waals surface area contributed by atoms with Crippen molar-refractivity contribution >= 4 is 10.9 Å². The van der Waals surface area contributed by atoms with Crippen molar-refractivity contribution in [2.24, 2.45) is 0 Å². The average molecular weight is 241 g/mol. The Hall–Kier alpha value is -1.24. The van der Waals surface area contributed by atoms with Crippen molar-refractivity contribution in [2.45, 2.75) is 57.9 Å². The average Bonchev–Trinajstić information content (AvgIpc) is 2.67. The van der Waals surface area contributed by atoms with Crippen LogP contribution in [0.25, 0.3) is 10.9 Å². The maximum absolute atomic E-state index is 2.63. The summed E-state index contributed by atoms with van der Waals surface area (Å²) >= 11 is 0. The van der Waals surface area contributed by atoms with Crippen LogP contribution in [0.2, 0.25) is 0 Å². The van der Waals surface area contributed by atoms with Gasteiger partial charge in [-0.1, -0.05) is 38.0 Å². The van der Waals surface area contributed by atoms with Gasteiger partial charge in [-0.05, 0) is 49.6 Å². The fourth-order valence-corrected chi connectivity index (χ4v) is 3.06. The quantitative estimate of drug-likeness (QED) is 0.642. The summed E-state index contributed by atoms with van der Waals surface area (Å²) in [5, 5.41) is 1.43. The summed E-state index contributed by atoms with van der Waals surface area (Å²) < 4.78 is 2.63. The number of para-hydroxylation sites is 1. The smallest absolute Gasteiger partial charge is 0.0485 e. The van der Waals surface area contributed by atoms with Crippen LogP contribution in [0.5, 0.6) is 0 Å². The molecule has 0 saturated heterocycles. The van der Waals surface area contributed by atoms with Crippen LogP contribution >= 0.6 is 0 Å². The van der Waals surface area contributed by atoms with Crippen LogP contribution in [0.4, 0.5) is 0 Å². The first kappa shape index (κ1) is 11.8. The number of benzene rings is 1. The van der Waals surface area contributed by atoms with E-state index in [1.54, 1.807) is 5.69 Å². The lowest BCUT2D eigenvalue weighted by molar-refractivity contribution is 0.314. The van der Waals surface area contributed by atoms with Crippen LogP contribution in [-0.2, 0) is 6.42 Å². The van der Waals surface area contributed by atoms with E-state index in [2.05, 4.69) is 41.8 Å². The van der Waals surface area contributed by atoms with Gasteiger partial charge in [0.25, 0.3) is 0 Å². The highest BCUT2D eigenvalue weighted by Gasteiger charge is 2.23. The van der Waals surface area contributed by atoms with Gasteiger partial charge in [0.15, 0.2) is 0 Å². The number of aryl methyl sites for hydroxylation is 1. The Kier molecular flexibility index (Phi) is 3.40. The number of rotatable bonds is 5. The predicted octanol–water partition coefficient (Wildman–Crippen LogP) is 5.10. The second kappa shape index (κ2) is 5.17. The van der Waals surface area contributed by atoms with Crippen molar-refractivity contribution in [3.63, 3.8) is 0 Å². The third-order valence-corrected chi connectivity index (χ3v) is 4.30. The van der Waals surface area contributed by atoms with Gasteiger partial charge in [-0.2, -0.15) is 0 Å². The van der Waals surface area contributed by atoms with Gasteiger partial charge in [-0.25, -0.2) is 0 Å². The van der Waals surface area contributed by atoms with E-state index in [-0.39, 0.29) is 0 Å². The number of unbranched alkanes of at least 4 members (excludes halogenated alkanes) is 2. The molecular formula is C17H23N. The second-order valence-corrected chi connectivity index (χ2v) is 5.61. The lowest BCUT2D eigenvalue weighted by Crippen LogP contribution is -2.18. The molecule has 1 fully saturated rings. The molecule has 1 aliphatic rings. The van der Waals surface area contributed by atoms with Gasteiger partial charge in [0.05, 0.1) is 0 Å². The van der Waals surface area contributed by atoms with Crippen LogP contribution < -0.4 is 0 Å². The molecule has 18 heavy (non-hydrogen) atoms. The number of fused-ring (bicyclic) bond motifs is 1. The minimum absolute atomic E-state index is 0.779. The van der Waals surface area contributed by atoms with E-state index >= 15 is 0 Å². The highest BCUT2D eigenvalue weighted by molar-refractivity contribution is 5.81. The van der Waals surface area contributed by atoms with E-state index in [0.29, 0.717) is 0 Å². The summed E-state index contributed by atoms with van der Waals surface area (Å²) in [6.07, 6.45) is 9.40. The largest absolute Gasteiger partial charge is 0.342 e. The van der Waals surface area contributed by atoms with Gasteiger partial charge >= 0.3 is 0 Å². The molecule has 0 aliphatic heterocycles. The second-order valence-electron chi connectivity index (χ2n) is 5.61. The number of nitrogens with zero attached hydrogens (tertiary/aromatic N) is 1. The molecule has 1 aliphatic carbocycles. The minimum atomic E-state index is 0.779. The molecule has 1 heterocycles. The van der Waals surface area contributed by atoms with Gasteiger partial charge in [-0.15, -0.1) is 0 Å². The van der Waals surface area contributed by atoms with Gasteiger partial charge in [0, 0.05) is 17.3 Å². The molecule has 3 rings (SSSR count). The van der Waals surface area contributed by atoms with E-state index in [9.17, 15) is 0 Å². The van der Waals surface area contributed by atoms with Crippen LogP contribution in [0, 0.1) is 0 Å². The fourth-order valence-electron chi connectivity index (χ4n) is 3.06. The van der Waals surface area contributed by atoms with Crippen molar-refractivity contribution in [2.75, 3.05) is 0 Å². The van der Waals surface area contributed by atoms with Gasteiger partial charge in [-0.3, -0.25) is 0 Å². The molecule has 0 bridgehead atoms. The zero-order valence-corrected chi connectivity index (χ0v) is 11.4. The van der Waals surface area contributed by atoms with Crippen LogP contribution in [-0.4, -0.2) is 4.57 Å². The Bertz CT molecular complexity index is 519. The lowest BCUT2D eigenvalue weighted by Gasteiger charge is -2.30. The van der Waals surface area contributed by atoms with E-state index in [0.717, 1.165) is 6.04 Å². The van der Waals surface area contributed by atoms with Gasteiger partial charge in [0.2, 0.25) is 0 Å². The molecule has 0 N–H and O–H groups in total. The summed E-state index contributed by atoms with van der Waals surface area (Å²) in [5.74, 6) is 0. The lowest BCUT2D eigenvalue weighted by atomic mass is 9.92. The van der Waals surface area contributed by atoms with E-state index < -0.39 is 0 Å². The number of hydrogen-bond donors (Lipinski definition) is 0. The zero-order valence-electron chi connectivity index (χ0n) is 11.4. The Labute approximate surface area is 110 Å². The summed E-state index contributed by atoms with van der Waals surface area (Å²) in [6, 6.07) is 12.1. The third-order valence-electron chi connectivity index (χ3n) is 4.30. The third kappa shape index (κ3) is 2.07. The zero-order chi connectivity index (χ0) is 12.4. The first-order valence-corrected chi connectivity index (χ1v) is 7.49. The monoisotopic (exact) mass is 241 g/mol. The van der Waals surface area contributed by atoms with Crippen molar-refractivity contribution in [1.29, 1.82) is 0 Å². The Morgan fingerprint density at radius 1 is 1.17 bits per heavy atom. The first-order chi connectivity index (χ1) is 8.90. The molecule has 0 atom stereocenters. The van der Waals surface area contributed by atoms with E-state index in [1.807, 2.05) is 0 Å². The molecule has 1 aromatic carbocycles. The Morgan fingerprint density at radius 3 is 2.72 bits per heavy atom. The van der Waals surface area contributed by atoms with Crippen molar-refractivity contribution < 1.29 is 0 Å². The topological polar surface area (TPSA) is 4.93 Å². The number of hydrogen-bond acceptors (Lipinski definition) is 0. The van der Waals surface area contributed by atoms with E-state index in [1.165, 1.54) is 55.8 Å². The Morgan fingerprint density at radius 2 is 2.00 bits per heavy atom. The van der Waals surface area contributed by atoms with Gasteiger partial charge in [0.1, 0.15) is 0 Å². The normalized spacial score (nSPS) is 16.1. The molecule has 96 valence electrons. The van der Waals surface area contributed by atoms with E-state index in [4.69, 9.17) is 0 Å². The molecule has 0 unspecified atom stereocenters. The van der Waals surface area contributed by atoms with Gasteiger partial charge < -0.3 is 4.57 Å². The minimum Gasteiger partial charge on any atom is -0.342 e. The van der Waals surface area contributed by atoms with Crippen molar-refractivity contribution in [1.82, 2.24) is 4.57 Å².